The molecule has 0 saturated carbocycles. The van der Waals surface area contributed by atoms with Gasteiger partial charge in [0, 0.05) is 14.1 Å². The van der Waals surface area contributed by atoms with E-state index in [0.29, 0.717) is 23.3 Å². The Hall–Kier alpha value is -1.08. The highest BCUT2D eigenvalue weighted by Gasteiger charge is 2.08. The van der Waals surface area contributed by atoms with Crippen molar-refractivity contribution in [3.05, 3.63) is 5.82 Å². The smallest absolute Gasteiger partial charge is 0.230 e. The van der Waals surface area contributed by atoms with Gasteiger partial charge in [-0.15, -0.1) is 10.2 Å². The number of thioether (sulfide) groups is 1. The van der Waals surface area contributed by atoms with Gasteiger partial charge >= 0.3 is 0 Å². The molecule has 1 aromatic rings. The molecule has 0 unspecified atom stereocenters. The minimum atomic E-state index is -0.0349. The second-order valence-corrected chi connectivity index (χ2v) is 3.57. The van der Waals surface area contributed by atoms with Gasteiger partial charge in [0.05, 0.1) is 12.3 Å². The zero-order chi connectivity index (χ0) is 10.6. The van der Waals surface area contributed by atoms with Crippen LogP contribution in [-0.4, -0.2) is 33.5 Å². The molecule has 0 radical (unpaired) electrons. The first-order chi connectivity index (χ1) is 6.69. The predicted octanol–water partition coefficient (Wildman–Crippen LogP) is -0.888. The van der Waals surface area contributed by atoms with Gasteiger partial charge in [0.15, 0.2) is 5.16 Å². The van der Waals surface area contributed by atoms with Crippen LogP contribution in [0.2, 0.25) is 0 Å². The van der Waals surface area contributed by atoms with Crippen molar-refractivity contribution in [3.63, 3.8) is 0 Å². The maximum atomic E-state index is 11.0. The van der Waals surface area contributed by atoms with Crippen molar-refractivity contribution < 1.29 is 4.79 Å². The molecule has 0 aromatic carbocycles. The molecule has 1 amide bonds. The van der Waals surface area contributed by atoms with Gasteiger partial charge < -0.3 is 15.6 Å². The van der Waals surface area contributed by atoms with Gasteiger partial charge in [-0.1, -0.05) is 11.8 Å². The Kier molecular flexibility index (Phi) is 3.90. The lowest BCUT2D eigenvalue weighted by Crippen LogP contribution is -2.20. The molecule has 78 valence electrons. The molecular weight excluding hydrogens is 202 g/mol. The zero-order valence-corrected chi connectivity index (χ0v) is 8.97. The molecule has 1 heterocycles. The third-order valence-corrected chi connectivity index (χ3v) is 2.74. The van der Waals surface area contributed by atoms with Crippen molar-refractivity contribution in [2.24, 2.45) is 12.8 Å². The molecule has 0 spiro atoms. The molecule has 0 saturated heterocycles. The summed E-state index contributed by atoms with van der Waals surface area (Å²) in [5.41, 5.74) is 5.43. The van der Waals surface area contributed by atoms with Crippen molar-refractivity contribution >= 4 is 17.7 Å². The van der Waals surface area contributed by atoms with E-state index in [0.717, 1.165) is 0 Å². The standard InChI is InChI=1S/C7H13N5OS/c1-9-6(13)4-14-7-11-10-5(3-8)12(7)2/h3-4,8H2,1-2H3,(H,9,13). The van der Waals surface area contributed by atoms with Crippen LogP contribution in [0.1, 0.15) is 5.82 Å². The fraction of sp³-hybridized carbons (Fsp3) is 0.571. The lowest BCUT2D eigenvalue weighted by atomic mass is 10.6. The lowest BCUT2D eigenvalue weighted by molar-refractivity contribution is -0.118. The summed E-state index contributed by atoms with van der Waals surface area (Å²) in [6.45, 7) is 0.351. The minimum absolute atomic E-state index is 0.0349. The molecule has 14 heavy (non-hydrogen) atoms. The van der Waals surface area contributed by atoms with Crippen molar-refractivity contribution in [2.45, 2.75) is 11.7 Å². The number of carbonyl (C=O) groups is 1. The van der Waals surface area contributed by atoms with Crippen LogP contribution in [-0.2, 0) is 18.4 Å². The van der Waals surface area contributed by atoms with Crippen molar-refractivity contribution in [2.75, 3.05) is 12.8 Å². The normalized spacial score (nSPS) is 10.2. The van der Waals surface area contributed by atoms with Gasteiger partial charge in [-0.3, -0.25) is 4.79 Å². The summed E-state index contributed by atoms with van der Waals surface area (Å²) in [6, 6.07) is 0. The Bertz CT molecular complexity index is 324. The van der Waals surface area contributed by atoms with Crippen LogP contribution < -0.4 is 11.1 Å². The predicted molar refractivity (Wildman–Crippen MR) is 53.7 cm³/mol. The third-order valence-electron chi connectivity index (χ3n) is 1.72. The monoisotopic (exact) mass is 215 g/mol. The molecule has 6 nitrogen and oxygen atoms in total. The highest BCUT2D eigenvalue weighted by Crippen LogP contribution is 2.14. The Morgan fingerprint density at radius 3 is 2.86 bits per heavy atom. The molecular formula is C7H13N5OS. The summed E-state index contributed by atoms with van der Waals surface area (Å²) in [7, 11) is 3.43. The van der Waals surface area contributed by atoms with E-state index in [4.69, 9.17) is 5.73 Å². The van der Waals surface area contributed by atoms with E-state index in [9.17, 15) is 4.79 Å². The van der Waals surface area contributed by atoms with Crippen molar-refractivity contribution in [3.8, 4) is 0 Å². The van der Waals surface area contributed by atoms with Gasteiger partial charge in [0.25, 0.3) is 0 Å². The van der Waals surface area contributed by atoms with E-state index in [1.165, 1.54) is 11.8 Å². The molecule has 0 atom stereocenters. The van der Waals surface area contributed by atoms with E-state index in [-0.39, 0.29) is 5.91 Å². The molecule has 1 rings (SSSR count). The van der Waals surface area contributed by atoms with E-state index >= 15 is 0 Å². The number of hydrogen-bond acceptors (Lipinski definition) is 5. The van der Waals surface area contributed by atoms with Crippen LogP contribution in [0.3, 0.4) is 0 Å². The molecule has 0 aliphatic carbocycles. The molecule has 0 aliphatic rings. The quantitative estimate of drug-likeness (QED) is 0.636. The van der Waals surface area contributed by atoms with Crippen LogP contribution in [0.15, 0.2) is 5.16 Å². The average molecular weight is 215 g/mol. The largest absolute Gasteiger partial charge is 0.358 e. The van der Waals surface area contributed by atoms with Crippen molar-refractivity contribution in [1.29, 1.82) is 0 Å². The van der Waals surface area contributed by atoms with Gasteiger partial charge in [-0.2, -0.15) is 0 Å². The van der Waals surface area contributed by atoms with Crippen LogP contribution in [0.4, 0.5) is 0 Å². The van der Waals surface area contributed by atoms with Crippen LogP contribution >= 0.6 is 11.8 Å². The number of carbonyl (C=O) groups excluding carboxylic acids is 1. The van der Waals surface area contributed by atoms with E-state index in [2.05, 4.69) is 15.5 Å². The van der Waals surface area contributed by atoms with Gasteiger partial charge in [-0.25, -0.2) is 0 Å². The van der Waals surface area contributed by atoms with Gasteiger partial charge in [-0.05, 0) is 0 Å². The molecule has 1 aromatic heterocycles. The Balaban J connectivity index is 2.59. The first kappa shape index (κ1) is 11.0. The second kappa shape index (κ2) is 4.97. The first-order valence-electron chi connectivity index (χ1n) is 4.10. The average Bonchev–Trinajstić information content (AvgIpc) is 2.56. The number of rotatable bonds is 4. The maximum Gasteiger partial charge on any atom is 0.230 e. The van der Waals surface area contributed by atoms with Crippen molar-refractivity contribution in [1.82, 2.24) is 20.1 Å². The number of nitrogens with two attached hydrogens (primary N) is 1. The minimum Gasteiger partial charge on any atom is -0.358 e. The summed E-state index contributed by atoms with van der Waals surface area (Å²) < 4.78 is 1.79. The van der Waals surface area contributed by atoms with Crippen LogP contribution in [0.5, 0.6) is 0 Å². The number of aromatic nitrogens is 3. The van der Waals surface area contributed by atoms with Crippen LogP contribution in [0.25, 0.3) is 0 Å². The second-order valence-electron chi connectivity index (χ2n) is 2.62. The fourth-order valence-electron chi connectivity index (χ4n) is 0.851. The topological polar surface area (TPSA) is 85.8 Å². The van der Waals surface area contributed by atoms with E-state index < -0.39 is 0 Å². The fourth-order valence-corrected chi connectivity index (χ4v) is 1.65. The van der Waals surface area contributed by atoms with Gasteiger partial charge in [0.1, 0.15) is 5.82 Å². The van der Waals surface area contributed by atoms with Gasteiger partial charge in [0.2, 0.25) is 5.91 Å². The van der Waals surface area contributed by atoms with Crippen LogP contribution in [0, 0.1) is 0 Å². The molecule has 7 heteroatoms. The molecule has 0 aliphatic heterocycles. The summed E-state index contributed by atoms with van der Waals surface area (Å²) >= 11 is 1.34. The molecule has 0 bridgehead atoms. The number of amides is 1. The number of nitrogens with zero attached hydrogens (tertiary/aromatic N) is 3. The molecule has 0 fully saturated rings. The summed E-state index contributed by atoms with van der Waals surface area (Å²) in [5.74, 6) is 1.02. The maximum absolute atomic E-state index is 11.0. The Labute approximate surface area is 86.3 Å². The number of hydrogen-bond donors (Lipinski definition) is 2. The van der Waals surface area contributed by atoms with E-state index in [1.807, 2.05) is 7.05 Å². The highest BCUT2D eigenvalue weighted by molar-refractivity contribution is 7.99. The molecule has 3 N–H and O–H groups in total. The zero-order valence-electron chi connectivity index (χ0n) is 8.15. The Morgan fingerprint density at radius 1 is 1.64 bits per heavy atom. The summed E-state index contributed by atoms with van der Waals surface area (Å²) in [4.78, 5) is 11.0. The SMILES string of the molecule is CNC(=O)CSc1nnc(CN)n1C. The first-order valence-corrected chi connectivity index (χ1v) is 5.09. The highest BCUT2D eigenvalue weighted by atomic mass is 32.2. The summed E-state index contributed by atoms with van der Waals surface area (Å²) in [5, 5.41) is 11.0. The summed E-state index contributed by atoms with van der Waals surface area (Å²) in [6.07, 6.45) is 0. The number of nitrogens with one attached hydrogen (secondary N) is 1. The third kappa shape index (κ3) is 2.46. The Morgan fingerprint density at radius 2 is 2.36 bits per heavy atom. The van der Waals surface area contributed by atoms with E-state index in [1.54, 1.807) is 11.6 Å². The lowest BCUT2D eigenvalue weighted by Gasteiger charge is -2.01.